The standard InChI is InChI=1S/C23H34N4O4S/c1-17(12-16-30-19-6-8-20(9-7-19)32(3,28)29)18-10-14-27(15-11-18)23-24-22(31-25-23)21-5-4-13-26(21)2/h6-9,17-18,21H,4-5,10-16H2,1-3H3/t17-,21+/m1/s1. The minimum absolute atomic E-state index is 0.261. The predicted molar refractivity (Wildman–Crippen MR) is 123 cm³/mol. The van der Waals surface area contributed by atoms with Crippen molar-refractivity contribution in [3.8, 4) is 5.75 Å². The van der Waals surface area contributed by atoms with Crippen LogP contribution in [0.1, 0.15) is 51.0 Å². The molecule has 9 heteroatoms. The van der Waals surface area contributed by atoms with Crippen LogP contribution in [0, 0.1) is 11.8 Å². The molecular weight excluding hydrogens is 428 g/mol. The van der Waals surface area contributed by atoms with Gasteiger partial charge in [0, 0.05) is 19.3 Å². The zero-order valence-electron chi connectivity index (χ0n) is 19.2. The number of hydrogen-bond acceptors (Lipinski definition) is 8. The molecule has 1 aromatic carbocycles. The fraction of sp³-hybridized carbons (Fsp3) is 0.652. The SMILES string of the molecule is C[C@H](CCOc1ccc(S(C)(=O)=O)cc1)C1CCN(c2noc([C@@H]3CCCN3C)n2)CC1. The molecule has 8 nitrogen and oxygen atoms in total. The van der Waals surface area contributed by atoms with Gasteiger partial charge in [-0.2, -0.15) is 4.98 Å². The Balaban J connectivity index is 1.21. The summed E-state index contributed by atoms with van der Waals surface area (Å²) >= 11 is 0. The molecule has 176 valence electrons. The lowest BCUT2D eigenvalue weighted by Crippen LogP contribution is -2.36. The van der Waals surface area contributed by atoms with Crippen LogP contribution >= 0.6 is 0 Å². The van der Waals surface area contributed by atoms with Crippen LogP contribution < -0.4 is 9.64 Å². The van der Waals surface area contributed by atoms with Gasteiger partial charge in [-0.3, -0.25) is 4.90 Å². The molecular formula is C23H34N4O4S. The summed E-state index contributed by atoms with van der Waals surface area (Å²) in [5, 5.41) is 4.25. The number of aromatic nitrogens is 2. The van der Waals surface area contributed by atoms with E-state index in [0.29, 0.717) is 29.1 Å². The summed E-state index contributed by atoms with van der Waals surface area (Å²) in [5.41, 5.74) is 0. The van der Waals surface area contributed by atoms with Crippen LogP contribution in [0.3, 0.4) is 0 Å². The molecule has 32 heavy (non-hydrogen) atoms. The number of hydrogen-bond donors (Lipinski definition) is 0. The Hall–Kier alpha value is -2.13. The van der Waals surface area contributed by atoms with E-state index in [1.165, 1.54) is 12.7 Å². The molecule has 4 rings (SSSR count). The van der Waals surface area contributed by atoms with Crippen molar-refractivity contribution < 1.29 is 17.7 Å². The van der Waals surface area contributed by atoms with Crippen LogP contribution in [-0.4, -0.2) is 63.0 Å². The first kappa shape index (κ1) is 23.0. The molecule has 2 fully saturated rings. The number of rotatable bonds is 8. The first-order chi connectivity index (χ1) is 15.3. The quantitative estimate of drug-likeness (QED) is 0.588. The lowest BCUT2D eigenvalue weighted by atomic mass is 9.84. The van der Waals surface area contributed by atoms with Crippen molar-refractivity contribution in [3.05, 3.63) is 30.2 Å². The molecule has 0 bridgehead atoms. The summed E-state index contributed by atoms with van der Waals surface area (Å²) in [6, 6.07) is 6.90. The second-order valence-corrected chi connectivity index (χ2v) is 11.3. The minimum atomic E-state index is -3.17. The Kier molecular flexibility index (Phi) is 7.05. The Morgan fingerprint density at radius 1 is 1.16 bits per heavy atom. The fourth-order valence-electron chi connectivity index (χ4n) is 4.76. The van der Waals surface area contributed by atoms with Gasteiger partial charge in [0.2, 0.25) is 5.89 Å². The first-order valence-electron chi connectivity index (χ1n) is 11.5. The second kappa shape index (κ2) is 9.79. The Bertz CT molecular complexity index is 984. The third kappa shape index (κ3) is 5.43. The highest BCUT2D eigenvalue weighted by molar-refractivity contribution is 7.90. The molecule has 0 radical (unpaired) electrons. The smallest absolute Gasteiger partial charge is 0.266 e. The summed E-state index contributed by atoms with van der Waals surface area (Å²) in [6.07, 6.45) is 6.66. The molecule has 3 heterocycles. The number of anilines is 1. The van der Waals surface area contributed by atoms with E-state index in [2.05, 4.69) is 33.9 Å². The van der Waals surface area contributed by atoms with Crippen LogP contribution in [0.2, 0.25) is 0 Å². The van der Waals surface area contributed by atoms with Gasteiger partial charge < -0.3 is 14.2 Å². The van der Waals surface area contributed by atoms with E-state index in [4.69, 9.17) is 9.26 Å². The minimum Gasteiger partial charge on any atom is -0.494 e. The molecule has 0 spiro atoms. The normalized spacial score (nSPS) is 21.7. The van der Waals surface area contributed by atoms with Gasteiger partial charge in [0.15, 0.2) is 9.84 Å². The fourth-order valence-corrected chi connectivity index (χ4v) is 5.39. The molecule has 0 N–H and O–H groups in total. The molecule has 1 aromatic heterocycles. The van der Waals surface area contributed by atoms with E-state index < -0.39 is 9.84 Å². The van der Waals surface area contributed by atoms with Gasteiger partial charge in [0.1, 0.15) is 5.75 Å². The van der Waals surface area contributed by atoms with Crippen LogP contribution in [0.5, 0.6) is 5.75 Å². The van der Waals surface area contributed by atoms with E-state index in [1.807, 2.05) is 0 Å². The number of piperidine rings is 1. The van der Waals surface area contributed by atoms with Gasteiger partial charge in [-0.1, -0.05) is 6.92 Å². The lowest BCUT2D eigenvalue weighted by Gasteiger charge is -2.34. The van der Waals surface area contributed by atoms with Gasteiger partial charge in [0.25, 0.3) is 5.95 Å². The zero-order chi connectivity index (χ0) is 22.7. The topological polar surface area (TPSA) is 88.8 Å². The highest BCUT2D eigenvalue weighted by Crippen LogP contribution is 2.32. The maximum atomic E-state index is 11.6. The van der Waals surface area contributed by atoms with Crippen molar-refractivity contribution in [3.63, 3.8) is 0 Å². The van der Waals surface area contributed by atoms with Gasteiger partial charge in [-0.15, -0.1) is 0 Å². The number of likely N-dealkylation sites (tertiary alicyclic amines) is 1. The summed E-state index contributed by atoms with van der Waals surface area (Å²) in [7, 11) is -1.06. The average Bonchev–Trinajstić information content (AvgIpc) is 3.42. The van der Waals surface area contributed by atoms with Crippen molar-refractivity contribution in [1.29, 1.82) is 0 Å². The maximum absolute atomic E-state index is 11.6. The number of ether oxygens (including phenoxy) is 1. The maximum Gasteiger partial charge on any atom is 0.266 e. The molecule has 2 atom stereocenters. The van der Waals surface area contributed by atoms with Crippen molar-refractivity contribution in [2.75, 3.05) is 44.4 Å². The average molecular weight is 463 g/mol. The van der Waals surface area contributed by atoms with Crippen LogP contribution in [0.4, 0.5) is 5.95 Å². The molecule has 2 aromatic rings. The van der Waals surface area contributed by atoms with Gasteiger partial charge >= 0.3 is 0 Å². The summed E-state index contributed by atoms with van der Waals surface area (Å²) < 4.78 is 34.5. The van der Waals surface area contributed by atoms with Gasteiger partial charge in [-0.25, -0.2) is 8.42 Å². The van der Waals surface area contributed by atoms with Crippen molar-refractivity contribution >= 4 is 15.8 Å². The third-order valence-corrected chi connectivity index (χ3v) is 8.09. The lowest BCUT2D eigenvalue weighted by molar-refractivity contribution is 0.222. The molecule has 0 aliphatic carbocycles. The highest BCUT2D eigenvalue weighted by atomic mass is 32.2. The zero-order valence-corrected chi connectivity index (χ0v) is 20.1. The second-order valence-electron chi connectivity index (χ2n) is 9.25. The molecule has 0 unspecified atom stereocenters. The summed E-state index contributed by atoms with van der Waals surface area (Å²) in [5.74, 6) is 3.39. The molecule has 0 saturated carbocycles. The molecule has 0 amide bonds. The highest BCUT2D eigenvalue weighted by Gasteiger charge is 2.30. The van der Waals surface area contributed by atoms with Crippen LogP contribution in [-0.2, 0) is 9.84 Å². The van der Waals surface area contributed by atoms with E-state index in [9.17, 15) is 8.42 Å². The third-order valence-electron chi connectivity index (χ3n) is 6.96. The van der Waals surface area contributed by atoms with E-state index in [-0.39, 0.29) is 6.04 Å². The van der Waals surface area contributed by atoms with Crippen molar-refractivity contribution in [2.45, 2.75) is 50.0 Å². The van der Waals surface area contributed by atoms with Crippen LogP contribution in [0.25, 0.3) is 0 Å². The number of nitrogens with zero attached hydrogens (tertiary/aromatic N) is 4. The largest absolute Gasteiger partial charge is 0.494 e. The summed E-state index contributed by atoms with van der Waals surface area (Å²) in [4.78, 5) is 9.53. The van der Waals surface area contributed by atoms with E-state index >= 15 is 0 Å². The summed E-state index contributed by atoms with van der Waals surface area (Å²) in [6.45, 7) is 5.90. The van der Waals surface area contributed by atoms with E-state index in [1.54, 1.807) is 24.3 Å². The van der Waals surface area contributed by atoms with Crippen LogP contribution in [0.15, 0.2) is 33.7 Å². The van der Waals surface area contributed by atoms with Crippen molar-refractivity contribution in [2.24, 2.45) is 11.8 Å². The number of benzene rings is 1. The predicted octanol–water partition coefficient (Wildman–Crippen LogP) is 3.56. The Morgan fingerprint density at radius 2 is 1.88 bits per heavy atom. The Morgan fingerprint density at radius 3 is 2.50 bits per heavy atom. The van der Waals surface area contributed by atoms with E-state index in [0.717, 1.165) is 57.2 Å². The molecule has 2 aliphatic rings. The van der Waals surface area contributed by atoms with Gasteiger partial charge in [0.05, 0.1) is 17.5 Å². The number of sulfone groups is 1. The monoisotopic (exact) mass is 462 g/mol. The first-order valence-corrected chi connectivity index (χ1v) is 13.4. The molecule has 2 saturated heterocycles. The van der Waals surface area contributed by atoms with Crippen molar-refractivity contribution in [1.82, 2.24) is 15.0 Å². The van der Waals surface area contributed by atoms with Gasteiger partial charge in [-0.05, 0) is 87.0 Å². The molecule has 2 aliphatic heterocycles. The Labute approximate surface area is 190 Å².